The van der Waals surface area contributed by atoms with Crippen molar-refractivity contribution in [3.8, 4) is 0 Å². The highest BCUT2D eigenvalue weighted by Crippen LogP contribution is 2.33. The lowest BCUT2D eigenvalue weighted by Gasteiger charge is -2.20. The maximum atomic E-state index is 14.0. The Kier molecular flexibility index (Phi) is 5.94. The van der Waals surface area contributed by atoms with Crippen LogP contribution in [0.2, 0.25) is 0 Å². The molecule has 0 heterocycles. The minimum atomic E-state index is -2.75. The van der Waals surface area contributed by atoms with E-state index in [2.05, 4.69) is 0 Å². The average Bonchev–Trinajstić information content (AvgIpc) is 2.67. The molecule has 0 aromatic heterocycles. The highest BCUT2D eigenvalue weighted by atomic mass is 19.3. The molecule has 0 aliphatic rings. The number of rotatable bonds is 6. The highest BCUT2D eigenvalue weighted by Gasteiger charge is 2.20. The summed E-state index contributed by atoms with van der Waals surface area (Å²) in [6, 6.07) is 17.8. The van der Waals surface area contributed by atoms with Crippen molar-refractivity contribution in [3.05, 3.63) is 106 Å². The molecule has 0 N–H and O–H groups in total. The summed E-state index contributed by atoms with van der Waals surface area (Å²) in [4.78, 5) is 0. The first-order valence-corrected chi connectivity index (χ1v) is 8.88. The first-order chi connectivity index (χ1) is 13.0. The van der Waals surface area contributed by atoms with Gasteiger partial charge in [0.05, 0.1) is 0 Å². The van der Waals surface area contributed by atoms with E-state index in [9.17, 15) is 17.6 Å². The van der Waals surface area contributed by atoms with E-state index in [4.69, 9.17) is 0 Å². The second-order valence-electron chi connectivity index (χ2n) is 6.57. The SMILES string of the molecule is CCc1cc([C@H](Cc2ccccc2)c2cc(F)cc(C(F)F)c2)ccc1F. The summed E-state index contributed by atoms with van der Waals surface area (Å²) in [5.41, 5.74) is 2.44. The first-order valence-electron chi connectivity index (χ1n) is 8.88. The van der Waals surface area contributed by atoms with E-state index >= 15 is 0 Å². The van der Waals surface area contributed by atoms with E-state index in [1.54, 1.807) is 12.1 Å². The van der Waals surface area contributed by atoms with Crippen LogP contribution >= 0.6 is 0 Å². The quantitative estimate of drug-likeness (QED) is 0.416. The number of benzene rings is 3. The van der Waals surface area contributed by atoms with Gasteiger partial charge < -0.3 is 0 Å². The molecule has 3 rings (SSSR count). The smallest absolute Gasteiger partial charge is 0.207 e. The molecule has 0 aliphatic carbocycles. The van der Waals surface area contributed by atoms with Gasteiger partial charge in [0.1, 0.15) is 11.6 Å². The van der Waals surface area contributed by atoms with Gasteiger partial charge in [-0.05, 0) is 59.4 Å². The predicted octanol–water partition coefficient (Wildman–Crippen LogP) is 6.84. The van der Waals surface area contributed by atoms with E-state index in [1.807, 2.05) is 37.3 Å². The Morgan fingerprint density at radius 2 is 1.48 bits per heavy atom. The van der Waals surface area contributed by atoms with Crippen LogP contribution in [0.15, 0.2) is 66.7 Å². The van der Waals surface area contributed by atoms with Gasteiger partial charge in [0.15, 0.2) is 0 Å². The van der Waals surface area contributed by atoms with Crippen LogP contribution in [0.25, 0.3) is 0 Å². The summed E-state index contributed by atoms with van der Waals surface area (Å²) >= 11 is 0. The highest BCUT2D eigenvalue weighted by molar-refractivity contribution is 5.39. The summed E-state index contributed by atoms with van der Waals surface area (Å²) < 4.78 is 54.3. The van der Waals surface area contributed by atoms with E-state index in [1.165, 1.54) is 18.2 Å². The van der Waals surface area contributed by atoms with Gasteiger partial charge in [-0.25, -0.2) is 17.6 Å². The topological polar surface area (TPSA) is 0 Å². The van der Waals surface area contributed by atoms with E-state index in [0.717, 1.165) is 17.2 Å². The fraction of sp³-hybridized carbons (Fsp3) is 0.217. The molecule has 0 saturated heterocycles. The lowest BCUT2D eigenvalue weighted by Crippen LogP contribution is -2.08. The maximum Gasteiger partial charge on any atom is 0.263 e. The van der Waals surface area contributed by atoms with Crippen molar-refractivity contribution in [2.75, 3.05) is 0 Å². The molecule has 1 atom stereocenters. The van der Waals surface area contributed by atoms with Crippen molar-refractivity contribution in [1.29, 1.82) is 0 Å². The van der Waals surface area contributed by atoms with Crippen LogP contribution in [0.3, 0.4) is 0 Å². The van der Waals surface area contributed by atoms with Gasteiger partial charge in [0.2, 0.25) is 0 Å². The number of hydrogen-bond donors (Lipinski definition) is 0. The molecule has 0 unspecified atom stereocenters. The third-order valence-corrected chi connectivity index (χ3v) is 4.73. The minimum Gasteiger partial charge on any atom is -0.207 e. The van der Waals surface area contributed by atoms with E-state index < -0.39 is 12.2 Å². The molecular formula is C23H20F4. The number of alkyl halides is 2. The normalized spacial score (nSPS) is 12.4. The molecule has 27 heavy (non-hydrogen) atoms. The van der Waals surface area contributed by atoms with Crippen molar-refractivity contribution in [2.45, 2.75) is 32.1 Å². The van der Waals surface area contributed by atoms with Crippen molar-refractivity contribution in [2.24, 2.45) is 0 Å². The van der Waals surface area contributed by atoms with Crippen LogP contribution in [-0.4, -0.2) is 0 Å². The Morgan fingerprint density at radius 3 is 2.15 bits per heavy atom. The fourth-order valence-corrected chi connectivity index (χ4v) is 3.32. The fourth-order valence-electron chi connectivity index (χ4n) is 3.32. The third kappa shape index (κ3) is 4.57. The second kappa shape index (κ2) is 8.38. The van der Waals surface area contributed by atoms with E-state index in [0.29, 0.717) is 24.0 Å². The van der Waals surface area contributed by atoms with Crippen LogP contribution in [0.4, 0.5) is 17.6 Å². The van der Waals surface area contributed by atoms with Gasteiger partial charge in [-0.15, -0.1) is 0 Å². The van der Waals surface area contributed by atoms with Gasteiger partial charge in [-0.2, -0.15) is 0 Å². The summed E-state index contributed by atoms with van der Waals surface area (Å²) in [6.07, 6.45) is -1.73. The molecular weight excluding hydrogens is 352 g/mol. The number of aryl methyl sites for hydroxylation is 1. The Hall–Kier alpha value is -2.62. The van der Waals surface area contributed by atoms with Crippen LogP contribution in [0, 0.1) is 11.6 Å². The molecule has 140 valence electrons. The molecule has 3 aromatic rings. The van der Waals surface area contributed by atoms with Crippen LogP contribution in [-0.2, 0) is 12.8 Å². The Bertz CT molecular complexity index is 904. The lowest BCUT2D eigenvalue weighted by atomic mass is 9.84. The maximum absolute atomic E-state index is 14.0. The molecule has 3 aromatic carbocycles. The zero-order chi connectivity index (χ0) is 19.4. The van der Waals surface area contributed by atoms with E-state index in [-0.39, 0.29) is 17.3 Å². The molecule has 0 radical (unpaired) electrons. The van der Waals surface area contributed by atoms with Crippen LogP contribution in [0.5, 0.6) is 0 Å². The number of hydrogen-bond acceptors (Lipinski definition) is 0. The summed E-state index contributed by atoms with van der Waals surface area (Å²) in [5.74, 6) is -1.35. The standard InChI is InChI=1S/C23H20F4/c1-2-16-11-17(8-9-22(16)25)21(10-15-6-4-3-5-7-15)18-12-19(23(26)27)14-20(24)13-18/h3-9,11-14,21,23H,2,10H2,1H3/t21-/m0/s1. The summed E-state index contributed by atoms with van der Waals surface area (Å²) in [7, 11) is 0. The average molecular weight is 372 g/mol. The Labute approximate surface area is 156 Å². The van der Waals surface area contributed by atoms with Crippen molar-refractivity contribution in [1.82, 2.24) is 0 Å². The molecule has 0 nitrogen and oxygen atoms in total. The summed E-state index contributed by atoms with van der Waals surface area (Å²) in [6.45, 7) is 1.85. The molecule has 0 bridgehead atoms. The van der Waals surface area contributed by atoms with Crippen LogP contribution in [0.1, 0.15) is 47.1 Å². The number of halogens is 4. The molecule has 0 amide bonds. The van der Waals surface area contributed by atoms with Gasteiger partial charge >= 0.3 is 0 Å². The van der Waals surface area contributed by atoms with Gasteiger partial charge in [0.25, 0.3) is 6.43 Å². The van der Waals surface area contributed by atoms with Gasteiger partial charge in [-0.3, -0.25) is 0 Å². The lowest BCUT2D eigenvalue weighted by molar-refractivity contribution is 0.151. The monoisotopic (exact) mass is 372 g/mol. The van der Waals surface area contributed by atoms with Gasteiger partial charge in [0, 0.05) is 11.5 Å². The largest absolute Gasteiger partial charge is 0.263 e. The third-order valence-electron chi connectivity index (χ3n) is 4.73. The first kappa shape index (κ1) is 19.2. The van der Waals surface area contributed by atoms with Crippen molar-refractivity contribution in [3.63, 3.8) is 0 Å². The zero-order valence-electron chi connectivity index (χ0n) is 14.9. The molecule has 0 fully saturated rings. The van der Waals surface area contributed by atoms with Gasteiger partial charge in [-0.1, -0.05) is 49.4 Å². The molecule has 0 saturated carbocycles. The molecule has 0 spiro atoms. The Morgan fingerprint density at radius 1 is 0.778 bits per heavy atom. The second-order valence-corrected chi connectivity index (χ2v) is 6.57. The molecule has 4 heteroatoms. The minimum absolute atomic E-state index is 0.299. The summed E-state index contributed by atoms with van der Waals surface area (Å²) in [5, 5.41) is 0. The Balaban J connectivity index is 2.10. The predicted molar refractivity (Wildman–Crippen MR) is 99.1 cm³/mol. The van der Waals surface area contributed by atoms with Crippen molar-refractivity contribution >= 4 is 0 Å². The molecule has 0 aliphatic heterocycles. The van der Waals surface area contributed by atoms with Crippen molar-refractivity contribution < 1.29 is 17.6 Å². The zero-order valence-corrected chi connectivity index (χ0v) is 14.9. The van der Waals surface area contributed by atoms with Crippen LogP contribution < -0.4 is 0 Å².